The van der Waals surface area contributed by atoms with Gasteiger partial charge in [-0.2, -0.15) is 0 Å². The van der Waals surface area contributed by atoms with Crippen LogP contribution in [0.25, 0.3) is 11.1 Å². The van der Waals surface area contributed by atoms with Crippen molar-refractivity contribution in [3.05, 3.63) is 48.3 Å². The molecule has 2 aromatic rings. The molecular weight excluding hydrogens is 300 g/mol. The molecule has 0 saturated heterocycles. The maximum absolute atomic E-state index is 12.6. The molecule has 126 valence electrons. The molecular formula is C20H24N2O2. The van der Waals surface area contributed by atoms with Gasteiger partial charge in [-0.1, -0.05) is 26.0 Å². The van der Waals surface area contributed by atoms with Gasteiger partial charge in [-0.05, 0) is 36.6 Å². The monoisotopic (exact) mass is 324 g/mol. The Kier molecular flexibility index (Phi) is 4.84. The van der Waals surface area contributed by atoms with E-state index < -0.39 is 0 Å². The zero-order valence-corrected chi connectivity index (χ0v) is 14.5. The number of pyridine rings is 1. The quantitative estimate of drug-likeness (QED) is 0.860. The van der Waals surface area contributed by atoms with Gasteiger partial charge < -0.3 is 9.64 Å². The van der Waals surface area contributed by atoms with Crippen molar-refractivity contribution in [2.75, 3.05) is 6.61 Å². The molecule has 2 heterocycles. The number of amides is 1. The largest absolute Gasteiger partial charge is 0.491 e. The van der Waals surface area contributed by atoms with Crippen LogP contribution in [0.2, 0.25) is 0 Å². The third kappa shape index (κ3) is 3.58. The fourth-order valence-corrected chi connectivity index (χ4v) is 3.00. The molecule has 24 heavy (non-hydrogen) atoms. The van der Waals surface area contributed by atoms with E-state index in [1.165, 1.54) is 0 Å². The molecule has 0 unspecified atom stereocenters. The lowest BCUT2D eigenvalue weighted by atomic mass is 10.0. The Bertz CT molecular complexity index is 713. The lowest BCUT2D eigenvalue weighted by molar-refractivity contribution is -0.135. The number of aromatic nitrogens is 1. The molecule has 0 fully saturated rings. The minimum absolute atomic E-state index is 0.0745. The smallest absolute Gasteiger partial charge is 0.223 e. The molecule has 0 bridgehead atoms. The van der Waals surface area contributed by atoms with Gasteiger partial charge in [0, 0.05) is 36.5 Å². The molecule has 3 rings (SSSR count). The van der Waals surface area contributed by atoms with Crippen molar-refractivity contribution in [3.63, 3.8) is 0 Å². The van der Waals surface area contributed by atoms with E-state index in [0.29, 0.717) is 25.5 Å². The molecule has 0 saturated carbocycles. The molecule has 0 spiro atoms. The van der Waals surface area contributed by atoms with Gasteiger partial charge in [0.1, 0.15) is 12.4 Å². The van der Waals surface area contributed by atoms with Crippen LogP contribution in [0.3, 0.4) is 0 Å². The van der Waals surface area contributed by atoms with Crippen LogP contribution in [0.5, 0.6) is 5.75 Å². The number of carbonyl (C=O) groups excluding carboxylic acids is 1. The topological polar surface area (TPSA) is 42.4 Å². The van der Waals surface area contributed by atoms with E-state index in [9.17, 15) is 4.79 Å². The van der Waals surface area contributed by atoms with Gasteiger partial charge in [-0.25, -0.2) is 0 Å². The highest BCUT2D eigenvalue weighted by Gasteiger charge is 2.26. The summed E-state index contributed by atoms with van der Waals surface area (Å²) in [7, 11) is 0. The molecule has 1 aliphatic rings. The first-order valence-corrected chi connectivity index (χ1v) is 8.50. The Balaban J connectivity index is 1.90. The van der Waals surface area contributed by atoms with Crippen LogP contribution in [-0.4, -0.2) is 28.4 Å². The van der Waals surface area contributed by atoms with Crippen molar-refractivity contribution in [1.29, 1.82) is 0 Å². The Labute approximate surface area is 143 Å². The predicted molar refractivity (Wildman–Crippen MR) is 94.6 cm³/mol. The predicted octanol–water partition coefficient (Wildman–Crippen LogP) is 3.90. The number of ether oxygens (including phenoxy) is 1. The number of fused-ring (bicyclic) bond motifs is 1. The van der Waals surface area contributed by atoms with Gasteiger partial charge in [0.2, 0.25) is 5.91 Å². The van der Waals surface area contributed by atoms with Gasteiger partial charge in [0.15, 0.2) is 0 Å². The molecule has 0 aliphatic carbocycles. The summed E-state index contributed by atoms with van der Waals surface area (Å²) >= 11 is 0. The summed E-state index contributed by atoms with van der Waals surface area (Å²) in [6, 6.07) is 10.2. The summed E-state index contributed by atoms with van der Waals surface area (Å²) in [5.74, 6) is 1.42. The van der Waals surface area contributed by atoms with E-state index in [-0.39, 0.29) is 11.9 Å². The van der Waals surface area contributed by atoms with Gasteiger partial charge in [0.05, 0.1) is 6.04 Å². The van der Waals surface area contributed by atoms with E-state index in [4.69, 9.17) is 4.74 Å². The van der Waals surface area contributed by atoms with E-state index in [1.807, 2.05) is 42.3 Å². The van der Waals surface area contributed by atoms with Crippen LogP contribution in [0.4, 0.5) is 0 Å². The molecule has 4 heteroatoms. The van der Waals surface area contributed by atoms with E-state index in [0.717, 1.165) is 22.4 Å². The van der Waals surface area contributed by atoms with Crippen LogP contribution >= 0.6 is 0 Å². The van der Waals surface area contributed by atoms with Crippen molar-refractivity contribution in [2.45, 2.75) is 39.8 Å². The zero-order valence-electron chi connectivity index (χ0n) is 14.5. The van der Waals surface area contributed by atoms with Crippen molar-refractivity contribution in [3.8, 4) is 16.9 Å². The Hall–Kier alpha value is -2.36. The molecule has 1 aliphatic heterocycles. The van der Waals surface area contributed by atoms with Crippen LogP contribution in [0.15, 0.2) is 42.7 Å². The maximum Gasteiger partial charge on any atom is 0.223 e. The lowest BCUT2D eigenvalue weighted by Crippen LogP contribution is -2.40. The first-order valence-electron chi connectivity index (χ1n) is 8.50. The second-order valence-electron chi connectivity index (χ2n) is 6.84. The van der Waals surface area contributed by atoms with Crippen LogP contribution in [0.1, 0.15) is 32.8 Å². The summed E-state index contributed by atoms with van der Waals surface area (Å²) in [6.07, 6.45) is 4.19. The van der Waals surface area contributed by atoms with Crippen LogP contribution in [-0.2, 0) is 11.3 Å². The summed E-state index contributed by atoms with van der Waals surface area (Å²) in [5.41, 5.74) is 3.21. The van der Waals surface area contributed by atoms with Crippen LogP contribution < -0.4 is 4.74 Å². The fourth-order valence-electron chi connectivity index (χ4n) is 3.00. The molecule has 0 radical (unpaired) electrons. The number of nitrogens with zero attached hydrogens (tertiary/aromatic N) is 2. The standard InChI is InChI=1S/C20H24N2O2/c1-14(2)9-20(23)22-12-18-10-16(17-5-4-8-21-11-17)6-7-19(18)24-13-15(22)3/h4-8,10-11,14-15H,9,12-13H2,1-3H3/t15-/m0/s1. The molecule has 0 N–H and O–H groups in total. The highest BCUT2D eigenvalue weighted by Crippen LogP contribution is 2.30. The van der Waals surface area contributed by atoms with E-state index >= 15 is 0 Å². The number of hydrogen-bond donors (Lipinski definition) is 0. The average Bonchev–Trinajstić information content (AvgIpc) is 2.74. The first kappa shape index (κ1) is 16.5. The molecule has 1 amide bonds. The summed E-state index contributed by atoms with van der Waals surface area (Å²) in [4.78, 5) is 18.7. The highest BCUT2D eigenvalue weighted by atomic mass is 16.5. The minimum atomic E-state index is 0.0745. The van der Waals surface area contributed by atoms with Crippen molar-refractivity contribution in [1.82, 2.24) is 9.88 Å². The molecule has 1 aromatic carbocycles. The maximum atomic E-state index is 12.6. The molecule has 4 nitrogen and oxygen atoms in total. The van der Waals surface area contributed by atoms with Gasteiger partial charge in [-0.3, -0.25) is 9.78 Å². The minimum Gasteiger partial charge on any atom is -0.491 e. The van der Waals surface area contributed by atoms with Crippen molar-refractivity contribution in [2.24, 2.45) is 5.92 Å². The Morgan fingerprint density at radius 1 is 1.33 bits per heavy atom. The third-order valence-corrected chi connectivity index (χ3v) is 4.31. The second-order valence-corrected chi connectivity index (χ2v) is 6.84. The number of carbonyl (C=O) groups is 1. The van der Waals surface area contributed by atoms with Crippen molar-refractivity contribution >= 4 is 5.91 Å². The Morgan fingerprint density at radius 3 is 2.88 bits per heavy atom. The fraction of sp³-hybridized carbons (Fsp3) is 0.400. The van der Waals surface area contributed by atoms with Crippen LogP contribution in [0, 0.1) is 5.92 Å². The molecule has 1 aromatic heterocycles. The van der Waals surface area contributed by atoms with Crippen molar-refractivity contribution < 1.29 is 9.53 Å². The average molecular weight is 324 g/mol. The summed E-state index contributed by atoms with van der Waals surface area (Å²) < 4.78 is 5.93. The number of benzene rings is 1. The third-order valence-electron chi connectivity index (χ3n) is 4.31. The lowest BCUT2D eigenvalue weighted by Gasteiger charge is -2.27. The highest BCUT2D eigenvalue weighted by molar-refractivity contribution is 5.77. The second kappa shape index (κ2) is 7.04. The summed E-state index contributed by atoms with van der Waals surface area (Å²) in [5, 5.41) is 0. The van der Waals surface area contributed by atoms with E-state index in [2.05, 4.69) is 24.9 Å². The Morgan fingerprint density at radius 2 is 2.17 bits per heavy atom. The van der Waals surface area contributed by atoms with Gasteiger partial charge >= 0.3 is 0 Å². The normalized spacial score (nSPS) is 17.2. The summed E-state index contributed by atoms with van der Waals surface area (Å²) in [6.45, 7) is 7.32. The number of hydrogen-bond acceptors (Lipinski definition) is 3. The van der Waals surface area contributed by atoms with Gasteiger partial charge in [-0.15, -0.1) is 0 Å². The van der Waals surface area contributed by atoms with E-state index in [1.54, 1.807) is 6.20 Å². The zero-order chi connectivity index (χ0) is 17.1. The SMILES string of the molecule is CC(C)CC(=O)N1Cc2cc(-c3cccnc3)ccc2OC[C@@H]1C. The van der Waals surface area contributed by atoms with Gasteiger partial charge in [0.25, 0.3) is 0 Å². The number of rotatable bonds is 3. The first-order chi connectivity index (χ1) is 11.5. The molecule has 1 atom stereocenters.